The summed E-state index contributed by atoms with van der Waals surface area (Å²) in [5.74, 6) is -0.953. The van der Waals surface area contributed by atoms with E-state index in [4.69, 9.17) is 14.2 Å². The Morgan fingerprint density at radius 3 is 0.861 bits per heavy atom. The van der Waals surface area contributed by atoms with Gasteiger partial charge in [-0.15, -0.1) is 0 Å². The van der Waals surface area contributed by atoms with Crippen LogP contribution in [0.15, 0.2) is 134 Å². The Balaban J connectivity index is 4.42. The number of hydrogen-bond acceptors (Lipinski definition) is 6. The molecule has 0 aliphatic carbocycles. The molecule has 0 saturated heterocycles. The zero-order valence-corrected chi connectivity index (χ0v) is 46.4. The maximum atomic E-state index is 12.9. The van der Waals surface area contributed by atoms with E-state index in [-0.39, 0.29) is 31.1 Å². The van der Waals surface area contributed by atoms with Crippen molar-refractivity contribution < 1.29 is 28.6 Å². The van der Waals surface area contributed by atoms with Gasteiger partial charge in [0, 0.05) is 19.3 Å². The summed E-state index contributed by atoms with van der Waals surface area (Å²) in [6, 6.07) is 0. The summed E-state index contributed by atoms with van der Waals surface area (Å²) in [5, 5.41) is 0. The molecule has 0 rings (SSSR count). The van der Waals surface area contributed by atoms with Crippen molar-refractivity contribution in [1.29, 1.82) is 0 Å². The Hall–Kier alpha value is -4.45. The normalized spacial score (nSPS) is 13.1. The first kappa shape index (κ1) is 67.5. The standard InChI is InChI=1S/C66H106O6/c1-4-7-10-13-16-19-22-25-27-29-30-31-32-33-34-35-36-38-39-41-44-47-50-53-56-59-65(68)71-62-63(61-70-64(67)58-55-52-49-46-43-24-21-18-15-12-9-6-3)72-66(69)60-57-54-51-48-45-42-40-37-28-26-23-20-17-14-11-8-5-2/h7-8,10-11,16-21,25-28,30-31,33-34,36,38,40,42,63H,4-6,9,12-15,22-24,29,32,35,37,39,41,43-62H2,1-3H3/b10-7-,11-8-,19-16-,20-17-,21-18-,27-25-,28-26-,31-30-,34-33-,38-36-,42-40-. The number of esters is 3. The van der Waals surface area contributed by atoms with Crippen molar-refractivity contribution in [3.63, 3.8) is 0 Å². The monoisotopic (exact) mass is 995 g/mol. The van der Waals surface area contributed by atoms with Gasteiger partial charge >= 0.3 is 17.9 Å². The van der Waals surface area contributed by atoms with Crippen LogP contribution in [0.1, 0.15) is 245 Å². The highest BCUT2D eigenvalue weighted by Gasteiger charge is 2.19. The Labute approximate surface area is 443 Å². The minimum absolute atomic E-state index is 0.101. The van der Waals surface area contributed by atoms with Crippen molar-refractivity contribution in [2.45, 2.75) is 252 Å². The molecule has 0 bridgehead atoms. The van der Waals surface area contributed by atoms with Gasteiger partial charge in [0.05, 0.1) is 0 Å². The van der Waals surface area contributed by atoms with Crippen LogP contribution in [0.3, 0.4) is 0 Å². The fourth-order valence-electron chi connectivity index (χ4n) is 7.55. The third-order valence-corrected chi connectivity index (χ3v) is 11.9. The molecule has 406 valence electrons. The van der Waals surface area contributed by atoms with Crippen molar-refractivity contribution in [2.75, 3.05) is 13.2 Å². The number of hydrogen-bond donors (Lipinski definition) is 0. The fourth-order valence-corrected chi connectivity index (χ4v) is 7.55. The molecular weight excluding hydrogens is 889 g/mol. The minimum atomic E-state index is -0.806. The molecule has 0 amide bonds. The molecule has 0 heterocycles. The highest BCUT2D eigenvalue weighted by atomic mass is 16.6. The fraction of sp³-hybridized carbons (Fsp3) is 0.621. The predicted molar refractivity (Wildman–Crippen MR) is 311 cm³/mol. The van der Waals surface area contributed by atoms with Crippen molar-refractivity contribution in [3.8, 4) is 0 Å². The van der Waals surface area contributed by atoms with E-state index in [0.717, 1.165) is 161 Å². The molecule has 1 unspecified atom stereocenters. The molecule has 0 aromatic heterocycles. The smallest absolute Gasteiger partial charge is 0.306 e. The first-order valence-corrected chi connectivity index (χ1v) is 29.2. The summed E-state index contributed by atoms with van der Waals surface area (Å²) in [5.41, 5.74) is 0. The third-order valence-electron chi connectivity index (χ3n) is 11.9. The van der Waals surface area contributed by atoms with Gasteiger partial charge in [0.2, 0.25) is 0 Å². The average Bonchev–Trinajstić information content (AvgIpc) is 3.38. The van der Waals surface area contributed by atoms with E-state index in [0.29, 0.717) is 19.3 Å². The van der Waals surface area contributed by atoms with Gasteiger partial charge < -0.3 is 14.2 Å². The van der Waals surface area contributed by atoms with Gasteiger partial charge in [0.1, 0.15) is 13.2 Å². The van der Waals surface area contributed by atoms with E-state index in [1.165, 1.54) is 44.9 Å². The number of ether oxygens (including phenoxy) is 3. The van der Waals surface area contributed by atoms with Gasteiger partial charge in [-0.05, 0) is 135 Å². The summed E-state index contributed by atoms with van der Waals surface area (Å²) in [6.45, 7) is 6.34. The largest absolute Gasteiger partial charge is 0.462 e. The van der Waals surface area contributed by atoms with Gasteiger partial charge in [-0.25, -0.2) is 0 Å². The molecule has 0 aromatic carbocycles. The van der Waals surface area contributed by atoms with Crippen LogP contribution in [0.5, 0.6) is 0 Å². The molecule has 0 N–H and O–H groups in total. The molecule has 72 heavy (non-hydrogen) atoms. The highest BCUT2D eigenvalue weighted by molar-refractivity contribution is 5.71. The van der Waals surface area contributed by atoms with Gasteiger partial charge in [-0.1, -0.05) is 225 Å². The Morgan fingerprint density at radius 1 is 0.292 bits per heavy atom. The summed E-state index contributed by atoms with van der Waals surface area (Å²) < 4.78 is 16.8. The second-order valence-corrected chi connectivity index (χ2v) is 18.8. The van der Waals surface area contributed by atoms with Gasteiger partial charge in [-0.3, -0.25) is 14.4 Å². The van der Waals surface area contributed by atoms with Crippen LogP contribution in [0.2, 0.25) is 0 Å². The molecule has 0 saturated carbocycles. The number of rotatable bonds is 51. The molecule has 0 spiro atoms. The Morgan fingerprint density at radius 2 is 0.542 bits per heavy atom. The molecule has 6 nitrogen and oxygen atoms in total. The molecule has 0 radical (unpaired) electrons. The van der Waals surface area contributed by atoms with Crippen LogP contribution in [0.4, 0.5) is 0 Å². The van der Waals surface area contributed by atoms with E-state index < -0.39 is 6.10 Å². The van der Waals surface area contributed by atoms with Gasteiger partial charge in [0.25, 0.3) is 0 Å². The second-order valence-electron chi connectivity index (χ2n) is 18.8. The van der Waals surface area contributed by atoms with Gasteiger partial charge in [0.15, 0.2) is 6.10 Å². The lowest BCUT2D eigenvalue weighted by Crippen LogP contribution is -2.30. The minimum Gasteiger partial charge on any atom is -0.462 e. The number of unbranched alkanes of at least 4 members (excludes halogenated alkanes) is 18. The zero-order chi connectivity index (χ0) is 52.2. The van der Waals surface area contributed by atoms with Crippen LogP contribution in [0.25, 0.3) is 0 Å². The Kier molecular flexibility index (Phi) is 55.5. The van der Waals surface area contributed by atoms with Crippen LogP contribution in [0, 0.1) is 0 Å². The number of allylic oxidation sites excluding steroid dienone is 22. The summed E-state index contributed by atoms with van der Waals surface area (Å²) in [7, 11) is 0. The molecule has 0 aromatic rings. The topological polar surface area (TPSA) is 78.9 Å². The van der Waals surface area contributed by atoms with E-state index in [1.807, 2.05) is 0 Å². The summed E-state index contributed by atoms with van der Waals surface area (Å²) >= 11 is 0. The van der Waals surface area contributed by atoms with Crippen LogP contribution in [-0.4, -0.2) is 37.2 Å². The number of carbonyl (C=O) groups is 3. The van der Waals surface area contributed by atoms with E-state index in [1.54, 1.807) is 0 Å². The maximum absolute atomic E-state index is 12.9. The van der Waals surface area contributed by atoms with Crippen molar-refractivity contribution in [2.24, 2.45) is 0 Å². The maximum Gasteiger partial charge on any atom is 0.306 e. The third kappa shape index (κ3) is 56.5. The zero-order valence-electron chi connectivity index (χ0n) is 46.4. The predicted octanol–water partition coefficient (Wildman–Crippen LogP) is 19.8. The summed E-state index contributed by atoms with van der Waals surface area (Å²) in [6.07, 6.45) is 83.0. The molecule has 1 atom stereocenters. The first-order valence-electron chi connectivity index (χ1n) is 29.2. The SMILES string of the molecule is CC/C=C\C/C=C\C/C=C\C/C=C\C/C=C\C/C=C\CCCCCCCCC(=O)OCC(COC(=O)CCCCCCC/C=C\CCCCC)OC(=O)CCCCCC/C=C\C/C=C\C/C=C\C/C=C\CC. The lowest BCUT2D eigenvalue weighted by molar-refractivity contribution is -0.167. The molecule has 0 aliphatic rings. The molecule has 0 fully saturated rings. The van der Waals surface area contributed by atoms with Crippen molar-refractivity contribution in [3.05, 3.63) is 134 Å². The van der Waals surface area contributed by atoms with E-state index >= 15 is 0 Å². The highest BCUT2D eigenvalue weighted by Crippen LogP contribution is 2.13. The van der Waals surface area contributed by atoms with Crippen molar-refractivity contribution in [1.82, 2.24) is 0 Å². The van der Waals surface area contributed by atoms with Crippen LogP contribution >= 0.6 is 0 Å². The summed E-state index contributed by atoms with van der Waals surface area (Å²) in [4.78, 5) is 38.2. The molecular formula is C66H106O6. The second kappa shape index (κ2) is 59.1. The molecule has 6 heteroatoms. The lowest BCUT2D eigenvalue weighted by atomic mass is 10.1. The first-order chi connectivity index (χ1) is 35.5. The van der Waals surface area contributed by atoms with E-state index in [2.05, 4.69) is 154 Å². The van der Waals surface area contributed by atoms with Crippen LogP contribution in [-0.2, 0) is 28.6 Å². The Bertz CT molecular complexity index is 1560. The lowest BCUT2D eigenvalue weighted by Gasteiger charge is -2.18. The number of carbonyl (C=O) groups excluding carboxylic acids is 3. The van der Waals surface area contributed by atoms with Gasteiger partial charge in [-0.2, -0.15) is 0 Å². The quantitative estimate of drug-likeness (QED) is 0.0261. The van der Waals surface area contributed by atoms with Crippen LogP contribution < -0.4 is 0 Å². The van der Waals surface area contributed by atoms with Crippen molar-refractivity contribution >= 4 is 17.9 Å². The van der Waals surface area contributed by atoms with E-state index in [9.17, 15) is 14.4 Å². The average molecular weight is 996 g/mol. The molecule has 0 aliphatic heterocycles.